The van der Waals surface area contributed by atoms with E-state index in [1.165, 1.54) is 12.5 Å². The minimum absolute atomic E-state index is 0.0325. The normalized spacial score (nSPS) is 10.2. The van der Waals surface area contributed by atoms with Crippen molar-refractivity contribution in [3.8, 4) is 11.6 Å². The number of nitrogens with one attached hydrogen (secondary N) is 1. The summed E-state index contributed by atoms with van der Waals surface area (Å²) in [7, 11) is 0. The van der Waals surface area contributed by atoms with E-state index in [9.17, 15) is 10.1 Å². The predicted molar refractivity (Wildman–Crippen MR) is 87.5 cm³/mol. The molecule has 0 spiro atoms. The summed E-state index contributed by atoms with van der Waals surface area (Å²) in [5, 5.41) is 14.3. The van der Waals surface area contributed by atoms with E-state index in [1.807, 2.05) is 19.1 Å². The Labute approximate surface area is 137 Å². The lowest BCUT2D eigenvalue weighted by Gasteiger charge is -2.09. The molecule has 24 heavy (non-hydrogen) atoms. The van der Waals surface area contributed by atoms with Crippen LogP contribution in [0.25, 0.3) is 0 Å². The molecule has 0 aliphatic heterocycles. The van der Waals surface area contributed by atoms with Gasteiger partial charge in [-0.25, -0.2) is 4.98 Å². The summed E-state index contributed by atoms with van der Waals surface area (Å²) < 4.78 is 5.56. The highest BCUT2D eigenvalue weighted by atomic mass is 16.6. The zero-order valence-electron chi connectivity index (χ0n) is 12.7. The van der Waals surface area contributed by atoms with Crippen molar-refractivity contribution in [2.24, 2.45) is 0 Å². The molecular formula is C16H13N5O3. The summed E-state index contributed by atoms with van der Waals surface area (Å²) in [6.45, 7) is 1.94. The van der Waals surface area contributed by atoms with Gasteiger partial charge in [0, 0.05) is 6.20 Å². The molecule has 8 nitrogen and oxygen atoms in total. The van der Waals surface area contributed by atoms with Gasteiger partial charge in [0.25, 0.3) is 0 Å². The van der Waals surface area contributed by atoms with E-state index in [-0.39, 0.29) is 17.4 Å². The van der Waals surface area contributed by atoms with Crippen molar-refractivity contribution in [3.05, 3.63) is 70.8 Å². The zero-order chi connectivity index (χ0) is 16.9. The van der Waals surface area contributed by atoms with Gasteiger partial charge >= 0.3 is 11.6 Å². The molecule has 1 aromatic carbocycles. The molecule has 0 bridgehead atoms. The first-order valence-electron chi connectivity index (χ1n) is 7.04. The molecule has 0 radical (unpaired) electrons. The van der Waals surface area contributed by atoms with Gasteiger partial charge in [-0.2, -0.15) is 4.98 Å². The van der Waals surface area contributed by atoms with Crippen molar-refractivity contribution in [1.82, 2.24) is 15.0 Å². The Morgan fingerprint density at radius 1 is 1.17 bits per heavy atom. The third kappa shape index (κ3) is 3.43. The third-order valence-electron chi connectivity index (χ3n) is 3.13. The van der Waals surface area contributed by atoms with Crippen molar-refractivity contribution in [2.45, 2.75) is 6.92 Å². The molecule has 2 heterocycles. The maximum atomic E-state index is 11.5. The Morgan fingerprint density at radius 3 is 2.62 bits per heavy atom. The summed E-state index contributed by atoms with van der Waals surface area (Å²) in [4.78, 5) is 22.7. The standard InChI is InChI=1S/C16H13N5O3/c1-11-4-6-13(7-5-11)24-16-14(21(22)23)15(18-10-19-16)20-12-3-2-8-17-9-12/h2-10H,1H3,(H,18,19,20). The summed E-state index contributed by atoms with van der Waals surface area (Å²) in [6.07, 6.45) is 4.34. The quantitative estimate of drug-likeness (QED) is 0.565. The number of rotatable bonds is 5. The Morgan fingerprint density at radius 2 is 1.96 bits per heavy atom. The first kappa shape index (κ1) is 15.3. The fourth-order valence-electron chi connectivity index (χ4n) is 1.98. The van der Waals surface area contributed by atoms with Gasteiger partial charge in [0.1, 0.15) is 12.1 Å². The van der Waals surface area contributed by atoms with Crippen molar-refractivity contribution < 1.29 is 9.66 Å². The van der Waals surface area contributed by atoms with E-state index in [4.69, 9.17) is 4.74 Å². The Hall–Kier alpha value is -3.55. The van der Waals surface area contributed by atoms with Gasteiger partial charge in [-0.1, -0.05) is 17.7 Å². The second-order valence-electron chi connectivity index (χ2n) is 4.91. The van der Waals surface area contributed by atoms with Crippen molar-refractivity contribution in [3.63, 3.8) is 0 Å². The van der Waals surface area contributed by atoms with Crippen LogP contribution in [0.3, 0.4) is 0 Å². The second kappa shape index (κ2) is 6.69. The molecule has 3 rings (SSSR count). The molecule has 0 unspecified atom stereocenters. The van der Waals surface area contributed by atoms with Crippen LogP contribution in [0.1, 0.15) is 5.56 Å². The Kier molecular flexibility index (Phi) is 4.28. The number of anilines is 2. The van der Waals surface area contributed by atoms with E-state index in [0.717, 1.165) is 5.56 Å². The Bertz CT molecular complexity index is 853. The fourth-order valence-corrected chi connectivity index (χ4v) is 1.98. The minimum atomic E-state index is -0.581. The number of benzene rings is 1. The highest BCUT2D eigenvalue weighted by Gasteiger charge is 2.25. The number of hydrogen-bond acceptors (Lipinski definition) is 7. The van der Waals surface area contributed by atoms with Crippen LogP contribution < -0.4 is 10.1 Å². The summed E-state index contributed by atoms with van der Waals surface area (Å²) in [5.41, 5.74) is 1.28. The van der Waals surface area contributed by atoms with Gasteiger partial charge in [-0.3, -0.25) is 15.1 Å². The second-order valence-corrected chi connectivity index (χ2v) is 4.91. The number of ether oxygens (including phenoxy) is 1. The number of nitro groups is 1. The monoisotopic (exact) mass is 323 g/mol. The number of nitrogens with zero attached hydrogens (tertiary/aromatic N) is 4. The van der Waals surface area contributed by atoms with Crippen molar-refractivity contribution in [2.75, 3.05) is 5.32 Å². The minimum Gasteiger partial charge on any atom is -0.434 e. The largest absolute Gasteiger partial charge is 0.434 e. The van der Waals surface area contributed by atoms with Gasteiger partial charge in [-0.05, 0) is 31.2 Å². The summed E-state index contributed by atoms with van der Waals surface area (Å²) >= 11 is 0. The Balaban J connectivity index is 1.96. The van der Waals surface area contributed by atoms with Gasteiger partial charge in [0.05, 0.1) is 16.8 Å². The summed E-state index contributed by atoms with van der Waals surface area (Å²) in [6, 6.07) is 10.6. The lowest BCUT2D eigenvalue weighted by Crippen LogP contribution is -2.03. The van der Waals surface area contributed by atoms with Crippen LogP contribution in [0.15, 0.2) is 55.1 Å². The first-order chi connectivity index (χ1) is 11.6. The maximum absolute atomic E-state index is 11.5. The molecule has 120 valence electrons. The molecule has 0 saturated carbocycles. The number of aromatic nitrogens is 3. The van der Waals surface area contributed by atoms with E-state index >= 15 is 0 Å². The van der Waals surface area contributed by atoms with Gasteiger partial charge < -0.3 is 10.1 Å². The number of aryl methyl sites for hydroxylation is 1. The molecular weight excluding hydrogens is 310 g/mol. The fraction of sp³-hybridized carbons (Fsp3) is 0.0625. The highest BCUT2D eigenvalue weighted by molar-refractivity contribution is 5.68. The topological polar surface area (TPSA) is 103 Å². The van der Waals surface area contributed by atoms with Crippen LogP contribution in [0.2, 0.25) is 0 Å². The SMILES string of the molecule is Cc1ccc(Oc2ncnc(Nc3cccnc3)c2[N+](=O)[O-])cc1. The number of pyridine rings is 1. The molecule has 1 N–H and O–H groups in total. The third-order valence-corrected chi connectivity index (χ3v) is 3.13. The van der Waals surface area contributed by atoms with Crippen LogP contribution in [0, 0.1) is 17.0 Å². The van der Waals surface area contributed by atoms with E-state index < -0.39 is 4.92 Å². The zero-order valence-corrected chi connectivity index (χ0v) is 12.7. The lowest BCUT2D eigenvalue weighted by atomic mass is 10.2. The molecule has 0 aliphatic carbocycles. The molecule has 0 amide bonds. The van der Waals surface area contributed by atoms with Gasteiger partial charge in [-0.15, -0.1) is 0 Å². The lowest BCUT2D eigenvalue weighted by molar-refractivity contribution is -0.385. The smallest absolute Gasteiger partial charge is 0.373 e. The molecule has 0 fully saturated rings. The average Bonchev–Trinajstić information content (AvgIpc) is 2.58. The molecule has 3 aromatic rings. The van der Waals surface area contributed by atoms with E-state index in [1.54, 1.807) is 30.5 Å². The average molecular weight is 323 g/mol. The van der Waals surface area contributed by atoms with Crippen LogP contribution in [0.4, 0.5) is 17.2 Å². The first-order valence-corrected chi connectivity index (χ1v) is 7.04. The molecule has 0 saturated heterocycles. The van der Waals surface area contributed by atoms with Crippen LogP contribution in [-0.2, 0) is 0 Å². The molecule has 0 atom stereocenters. The highest BCUT2D eigenvalue weighted by Crippen LogP contribution is 2.35. The van der Waals surface area contributed by atoms with Crippen molar-refractivity contribution >= 4 is 17.2 Å². The maximum Gasteiger partial charge on any atom is 0.373 e. The van der Waals surface area contributed by atoms with Gasteiger partial charge in [0.15, 0.2) is 0 Å². The molecule has 8 heteroatoms. The van der Waals surface area contributed by atoms with E-state index in [2.05, 4.69) is 20.3 Å². The number of hydrogen-bond donors (Lipinski definition) is 1. The van der Waals surface area contributed by atoms with E-state index in [0.29, 0.717) is 11.4 Å². The summed E-state index contributed by atoms with van der Waals surface area (Å²) in [5.74, 6) is 0.352. The van der Waals surface area contributed by atoms with Gasteiger partial charge in [0.2, 0.25) is 5.82 Å². The molecule has 2 aromatic heterocycles. The van der Waals surface area contributed by atoms with Crippen LogP contribution >= 0.6 is 0 Å². The predicted octanol–water partition coefficient (Wildman–Crippen LogP) is 3.62. The van der Waals surface area contributed by atoms with Crippen molar-refractivity contribution in [1.29, 1.82) is 0 Å². The van der Waals surface area contributed by atoms with Crippen LogP contribution in [0.5, 0.6) is 11.6 Å². The molecule has 0 aliphatic rings. The van der Waals surface area contributed by atoms with Crippen LogP contribution in [-0.4, -0.2) is 19.9 Å².